The molecule has 2 atom stereocenters. The lowest BCUT2D eigenvalue weighted by atomic mass is 9.99. The van der Waals surface area contributed by atoms with Crippen molar-refractivity contribution >= 4 is 11.8 Å². The van der Waals surface area contributed by atoms with E-state index < -0.39 is 0 Å². The Balaban J connectivity index is 1.72. The fraction of sp³-hybridized carbons (Fsp3) is 0.250. The van der Waals surface area contributed by atoms with Gasteiger partial charge in [0.2, 0.25) is 0 Å². The molecule has 2 unspecified atom stereocenters. The Morgan fingerprint density at radius 1 is 1.25 bits per heavy atom. The average Bonchev–Trinajstić information content (AvgIpc) is 2.88. The number of hydrazine groups is 1. The minimum absolute atomic E-state index is 0.134. The SMILES string of the molecule is NNC(Cc1cccc(F)c1)C1Cc2ccccc2S1. The maximum absolute atomic E-state index is 13.3. The first-order chi connectivity index (χ1) is 9.76. The molecule has 0 spiro atoms. The molecule has 0 amide bonds. The summed E-state index contributed by atoms with van der Waals surface area (Å²) in [6.45, 7) is 0. The molecular weight excluding hydrogens is 271 g/mol. The number of halogens is 1. The van der Waals surface area contributed by atoms with Gasteiger partial charge in [-0.15, -0.1) is 11.8 Å². The molecule has 20 heavy (non-hydrogen) atoms. The highest BCUT2D eigenvalue weighted by molar-refractivity contribution is 8.00. The molecule has 2 aromatic carbocycles. The van der Waals surface area contributed by atoms with Crippen LogP contribution in [0.5, 0.6) is 0 Å². The van der Waals surface area contributed by atoms with Gasteiger partial charge in [0.15, 0.2) is 0 Å². The third kappa shape index (κ3) is 2.87. The predicted octanol–water partition coefficient (Wildman–Crippen LogP) is 2.92. The number of benzene rings is 2. The van der Waals surface area contributed by atoms with Crippen molar-refractivity contribution in [2.24, 2.45) is 5.84 Å². The van der Waals surface area contributed by atoms with Crippen LogP contribution in [0.3, 0.4) is 0 Å². The molecule has 1 aliphatic rings. The molecule has 0 aromatic heterocycles. The lowest BCUT2D eigenvalue weighted by molar-refractivity contribution is 0.505. The summed E-state index contributed by atoms with van der Waals surface area (Å²) in [4.78, 5) is 1.33. The zero-order valence-corrected chi connectivity index (χ0v) is 11.9. The van der Waals surface area contributed by atoms with Crippen LogP contribution < -0.4 is 11.3 Å². The van der Waals surface area contributed by atoms with Gasteiger partial charge < -0.3 is 0 Å². The first kappa shape index (κ1) is 13.6. The van der Waals surface area contributed by atoms with Crippen LogP contribution in [0.15, 0.2) is 53.4 Å². The molecule has 2 nitrogen and oxygen atoms in total. The van der Waals surface area contributed by atoms with Crippen LogP contribution in [0.1, 0.15) is 11.1 Å². The normalized spacial score (nSPS) is 18.8. The summed E-state index contributed by atoms with van der Waals surface area (Å²) in [5.41, 5.74) is 5.26. The second-order valence-corrected chi connectivity index (χ2v) is 6.36. The topological polar surface area (TPSA) is 38.0 Å². The van der Waals surface area contributed by atoms with E-state index in [-0.39, 0.29) is 11.9 Å². The summed E-state index contributed by atoms with van der Waals surface area (Å²) in [5.74, 6) is 5.52. The molecular formula is C16H17FN2S. The van der Waals surface area contributed by atoms with Gasteiger partial charge in [-0.25, -0.2) is 4.39 Å². The number of thioether (sulfide) groups is 1. The quantitative estimate of drug-likeness (QED) is 0.671. The first-order valence-electron chi connectivity index (χ1n) is 6.71. The molecule has 3 rings (SSSR count). The van der Waals surface area contributed by atoms with E-state index in [0.29, 0.717) is 5.25 Å². The van der Waals surface area contributed by atoms with Gasteiger partial charge in [-0.2, -0.15) is 0 Å². The minimum atomic E-state index is -0.194. The van der Waals surface area contributed by atoms with E-state index >= 15 is 0 Å². The van der Waals surface area contributed by atoms with Crippen molar-refractivity contribution in [2.75, 3.05) is 0 Å². The summed E-state index contributed by atoms with van der Waals surface area (Å²) in [5, 5.41) is 0.390. The highest BCUT2D eigenvalue weighted by atomic mass is 32.2. The molecule has 3 N–H and O–H groups in total. The van der Waals surface area contributed by atoms with Crippen molar-refractivity contribution < 1.29 is 4.39 Å². The number of rotatable bonds is 4. The van der Waals surface area contributed by atoms with E-state index in [2.05, 4.69) is 29.7 Å². The fourth-order valence-electron chi connectivity index (χ4n) is 2.65. The Morgan fingerprint density at radius 3 is 2.85 bits per heavy atom. The van der Waals surface area contributed by atoms with Gasteiger partial charge in [0.1, 0.15) is 5.82 Å². The van der Waals surface area contributed by atoms with E-state index in [1.54, 1.807) is 12.1 Å². The Labute approximate surface area is 122 Å². The van der Waals surface area contributed by atoms with Crippen LogP contribution in [0.25, 0.3) is 0 Å². The van der Waals surface area contributed by atoms with Crippen LogP contribution in [0, 0.1) is 5.82 Å². The van der Waals surface area contributed by atoms with E-state index in [4.69, 9.17) is 5.84 Å². The Hall–Kier alpha value is -1.36. The third-order valence-corrected chi connectivity index (χ3v) is 5.13. The zero-order valence-electron chi connectivity index (χ0n) is 11.1. The summed E-state index contributed by atoms with van der Waals surface area (Å²) >= 11 is 1.86. The number of hydrogen-bond acceptors (Lipinski definition) is 3. The largest absolute Gasteiger partial charge is 0.271 e. The Morgan fingerprint density at radius 2 is 2.10 bits per heavy atom. The number of hydrogen-bond donors (Lipinski definition) is 2. The molecule has 0 radical (unpaired) electrons. The summed E-state index contributed by atoms with van der Waals surface area (Å²) in [7, 11) is 0. The van der Waals surface area contributed by atoms with Crippen molar-refractivity contribution in [1.29, 1.82) is 0 Å². The van der Waals surface area contributed by atoms with Crippen molar-refractivity contribution in [2.45, 2.75) is 29.0 Å². The van der Waals surface area contributed by atoms with Gasteiger partial charge in [0.25, 0.3) is 0 Å². The molecule has 104 valence electrons. The molecule has 1 aliphatic heterocycles. The highest BCUT2D eigenvalue weighted by Gasteiger charge is 2.28. The number of nitrogens with one attached hydrogen (secondary N) is 1. The average molecular weight is 288 g/mol. The fourth-order valence-corrected chi connectivity index (χ4v) is 4.04. The van der Waals surface area contributed by atoms with E-state index in [1.807, 2.05) is 17.8 Å². The van der Waals surface area contributed by atoms with Gasteiger partial charge in [-0.05, 0) is 42.2 Å². The number of nitrogens with two attached hydrogens (primary N) is 1. The third-order valence-electron chi connectivity index (χ3n) is 3.68. The maximum atomic E-state index is 13.3. The van der Waals surface area contributed by atoms with E-state index in [0.717, 1.165) is 18.4 Å². The first-order valence-corrected chi connectivity index (χ1v) is 7.59. The lowest BCUT2D eigenvalue weighted by Gasteiger charge is -2.22. The van der Waals surface area contributed by atoms with Gasteiger partial charge in [0.05, 0.1) is 0 Å². The van der Waals surface area contributed by atoms with Crippen molar-refractivity contribution in [3.8, 4) is 0 Å². The molecule has 4 heteroatoms. The summed E-state index contributed by atoms with van der Waals surface area (Å²) in [6.07, 6.45) is 1.74. The molecule has 1 heterocycles. The van der Waals surface area contributed by atoms with Gasteiger partial charge in [-0.3, -0.25) is 11.3 Å². The molecule has 2 aromatic rings. The summed E-state index contributed by atoms with van der Waals surface area (Å²) in [6, 6.07) is 15.3. The maximum Gasteiger partial charge on any atom is 0.123 e. The van der Waals surface area contributed by atoms with Crippen LogP contribution >= 0.6 is 11.8 Å². The second-order valence-electron chi connectivity index (χ2n) is 5.08. The number of fused-ring (bicyclic) bond motifs is 1. The lowest BCUT2D eigenvalue weighted by Crippen LogP contribution is -2.44. The van der Waals surface area contributed by atoms with Gasteiger partial charge in [-0.1, -0.05) is 30.3 Å². The van der Waals surface area contributed by atoms with Crippen LogP contribution in [0.2, 0.25) is 0 Å². The monoisotopic (exact) mass is 288 g/mol. The van der Waals surface area contributed by atoms with Crippen LogP contribution in [0.4, 0.5) is 4.39 Å². The molecule has 0 aliphatic carbocycles. The van der Waals surface area contributed by atoms with Gasteiger partial charge in [0, 0.05) is 16.2 Å². The molecule has 0 saturated carbocycles. The van der Waals surface area contributed by atoms with Crippen LogP contribution in [-0.4, -0.2) is 11.3 Å². The standard InChI is InChI=1S/C16H17FN2S/c17-13-6-3-4-11(8-13)9-14(19-18)16-10-12-5-1-2-7-15(12)20-16/h1-8,14,16,19H,9-10,18H2. The van der Waals surface area contributed by atoms with Crippen molar-refractivity contribution in [1.82, 2.24) is 5.43 Å². The highest BCUT2D eigenvalue weighted by Crippen LogP contribution is 2.38. The Bertz CT molecular complexity index is 578. The molecule has 0 fully saturated rings. The van der Waals surface area contributed by atoms with Crippen LogP contribution in [-0.2, 0) is 12.8 Å². The second kappa shape index (κ2) is 5.95. The van der Waals surface area contributed by atoms with Crippen molar-refractivity contribution in [3.05, 3.63) is 65.5 Å². The van der Waals surface area contributed by atoms with Crippen molar-refractivity contribution in [3.63, 3.8) is 0 Å². The Kier molecular flexibility index (Phi) is 4.05. The molecule has 0 bridgehead atoms. The van der Waals surface area contributed by atoms with Gasteiger partial charge >= 0.3 is 0 Å². The zero-order chi connectivity index (χ0) is 13.9. The predicted molar refractivity (Wildman–Crippen MR) is 81.0 cm³/mol. The van der Waals surface area contributed by atoms with E-state index in [9.17, 15) is 4.39 Å². The molecule has 0 saturated heterocycles. The minimum Gasteiger partial charge on any atom is -0.271 e. The summed E-state index contributed by atoms with van der Waals surface area (Å²) < 4.78 is 13.3. The smallest absolute Gasteiger partial charge is 0.123 e. The van der Waals surface area contributed by atoms with E-state index in [1.165, 1.54) is 16.5 Å².